The molecule has 1 rings (SSSR count). The molecule has 0 aliphatic carbocycles. The molecule has 0 aliphatic rings. The highest BCUT2D eigenvalue weighted by Gasteiger charge is 2.25. The first-order valence-electron chi connectivity index (χ1n) is 5.28. The monoisotopic (exact) mass is 222 g/mol. The standard InChI is InChI=1S/C11H18N4O/c1-5-8-6-9(14-7(2)13-8)15-11(3,4)10(12)16/h6H,5H2,1-4H3,(H2,12,16)(H,13,14,15). The summed E-state index contributed by atoms with van der Waals surface area (Å²) < 4.78 is 0. The number of carbonyl (C=O) groups is 1. The van der Waals surface area contributed by atoms with Crippen LogP contribution < -0.4 is 11.1 Å². The van der Waals surface area contributed by atoms with Gasteiger partial charge in [-0.05, 0) is 27.2 Å². The fourth-order valence-electron chi connectivity index (χ4n) is 1.26. The van der Waals surface area contributed by atoms with Gasteiger partial charge in [-0.15, -0.1) is 0 Å². The summed E-state index contributed by atoms with van der Waals surface area (Å²) in [6.07, 6.45) is 0.828. The lowest BCUT2D eigenvalue weighted by Gasteiger charge is -2.23. The minimum atomic E-state index is -0.814. The van der Waals surface area contributed by atoms with Gasteiger partial charge in [0.25, 0.3) is 0 Å². The fraction of sp³-hybridized carbons (Fsp3) is 0.545. The summed E-state index contributed by atoms with van der Waals surface area (Å²) >= 11 is 0. The molecule has 0 bridgehead atoms. The van der Waals surface area contributed by atoms with Gasteiger partial charge in [0, 0.05) is 11.8 Å². The lowest BCUT2D eigenvalue weighted by Crippen LogP contribution is -2.45. The predicted octanol–water partition coefficient (Wildman–Crippen LogP) is 1.02. The summed E-state index contributed by atoms with van der Waals surface area (Å²) in [5.41, 5.74) is 5.41. The molecule has 1 aromatic rings. The number of nitrogens with zero attached hydrogens (tertiary/aromatic N) is 2. The van der Waals surface area contributed by atoms with Gasteiger partial charge >= 0.3 is 0 Å². The van der Waals surface area contributed by atoms with E-state index in [2.05, 4.69) is 15.3 Å². The molecule has 5 heteroatoms. The number of aromatic nitrogens is 2. The maximum absolute atomic E-state index is 11.2. The van der Waals surface area contributed by atoms with E-state index in [1.165, 1.54) is 0 Å². The smallest absolute Gasteiger partial charge is 0.242 e. The summed E-state index contributed by atoms with van der Waals surface area (Å²) in [4.78, 5) is 19.7. The molecule has 16 heavy (non-hydrogen) atoms. The SMILES string of the molecule is CCc1cc(NC(C)(C)C(N)=O)nc(C)n1. The van der Waals surface area contributed by atoms with Crippen LogP contribution in [0.5, 0.6) is 0 Å². The Hall–Kier alpha value is -1.65. The molecule has 0 saturated heterocycles. The molecule has 0 saturated carbocycles. The Bertz CT molecular complexity index is 401. The summed E-state index contributed by atoms with van der Waals surface area (Å²) in [5.74, 6) is 0.900. The van der Waals surface area contributed by atoms with Crippen LogP contribution in [0.25, 0.3) is 0 Å². The molecule has 0 unspecified atom stereocenters. The number of rotatable bonds is 4. The molecule has 0 aliphatic heterocycles. The van der Waals surface area contributed by atoms with Crippen molar-refractivity contribution in [3.05, 3.63) is 17.6 Å². The van der Waals surface area contributed by atoms with Gasteiger partial charge < -0.3 is 11.1 Å². The Labute approximate surface area is 95.5 Å². The van der Waals surface area contributed by atoms with Crippen LogP contribution >= 0.6 is 0 Å². The molecular weight excluding hydrogens is 204 g/mol. The number of anilines is 1. The predicted molar refractivity (Wildman–Crippen MR) is 63.0 cm³/mol. The van der Waals surface area contributed by atoms with Gasteiger partial charge in [-0.1, -0.05) is 6.92 Å². The Morgan fingerprint density at radius 3 is 2.62 bits per heavy atom. The first-order valence-corrected chi connectivity index (χ1v) is 5.28. The molecule has 5 nitrogen and oxygen atoms in total. The lowest BCUT2D eigenvalue weighted by atomic mass is 10.1. The van der Waals surface area contributed by atoms with Gasteiger partial charge in [-0.2, -0.15) is 0 Å². The average Bonchev–Trinajstić information content (AvgIpc) is 2.15. The van der Waals surface area contributed by atoms with Crippen molar-refractivity contribution in [1.82, 2.24) is 9.97 Å². The number of hydrogen-bond acceptors (Lipinski definition) is 4. The summed E-state index contributed by atoms with van der Waals surface area (Å²) in [7, 11) is 0. The van der Waals surface area contributed by atoms with Crippen LogP contribution in [-0.2, 0) is 11.2 Å². The molecular formula is C11H18N4O. The zero-order valence-corrected chi connectivity index (χ0v) is 10.2. The molecule has 0 fully saturated rings. The van der Waals surface area contributed by atoms with Crippen molar-refractivity contribution in [1.29, 1.82) is 0 Å². The molecule has 0 atom stereocenters. The van der Waals surface area contributed by atoms with E-state index in [-0.39, 0.29) is 0 Å². The first kappa shape index (κ1) is 12.4. The van der Waals surface area contributed by atoms with Crippen LogP contribution in [-0.4, -0.2) is 21.4 Å². The number of aryl methyl sites for hydroxylation is 2. The van der Waals surface area contributed by atoms with E-state index in [1.54, 1.807) is 13.8 Å². The minimum Gasteiger partial charge on any atom is -0.368 e. The Morgan fingerprint density at radius 1 is 1.50 bits per heavy atom. The lowest BCUT2D eigenvalue weighted by molar-refractivity contribution is -0.121. The van der Waals surface area contributed by atoms with Crippen molar-refractivity contribution in [3.63, 3.8) is 0 Å². The third kappa shape index (κ3) is 2.92. The van der Waals surface area contributed by atoms with Crippen LogP contribution in [0.4, 0.5) is 5.82 Å². The normalized spacial score (nSPS) is 11.2. The van der Waals surface area contributed by atoms with Crippen molar-refractivity contribution >= 4 is 11.7 Å². The summed E-state index contributed by atoms with van der Waals surface area (Å²) in [5, 5.41) is 3.01. The van der Waals surface area contributed by atoms with Crippen LogP contribution in [0, 0.1) is 6.92 Å². The molecule has 0 radical (unpaired) electrons. The van der Waals surface area contributed by atoms with E-state index in [0.29, 0.717) is 11.6 Å². The second-order valence-electron chi connectivity index (χ2n) is 4.26. The van der Waals surface area contributed by atoms with Gasteiger partial charge in [0.05, 0.1) is 0 Å². The van der Waals surface area contributed by atoms with Gasteiger partial charge in [0.15, 0.2) is 0 Å². The van der Waals surface area contributed by atoms with E-state index in [0.717, 1.165) is 12.1 Å². The highest BCUT2D eigenvalue weighted by Crippen LogP contribution is 2.14. The molecule has 1 heterocycles. The average molecular weight is 222 g/mol. The van der Waals surface area contributed by atoms with Gasteiger partial charge in [-0.25, -0.2) is 9.97 Å². The molecule has 88 valence electrons. The number of nitrogens with one attached hydrogen (secondary N) is 1. The van der Waals surface area contributed by atoms with E-state index >= 15 is 0 Å². The quantitative estimate of drug-likeness (QED) is 0.797. The first-order chi connectivity index (χ1) is 7.35. The zero-order chi connectivity index (χ0) is 12.3. The fourth-order valence-corrected chi connectivity index (χ4v) is 1.26. The van der Waals surface area contributed by atoms with Crippen LogP contribution in [0.1, 0.15) is 32.3 Å². The van der Waals surface area contributed by atoms with Crippen LogP contribution in [0.3, 0.4) is 0 Å². The van der Waals surface area contributed by atoms with Crippen molar-refractivity contribution in [2.75, 3.05) is 5.32 Å². The number of amides is 1. The molecule has 3 N–H and O–H groups in total. The second kappa shape index (κ2) is 4.47. The third-order valence-corrected chi connectivity index (χ3v) is 2.31. The van der Waals surface area contributed by atoms with Crippen molar-refractivity contribution in [2.24, 2.45) is 5.73 Å². The van der Waals surface area contributed by atoms with Crippen molar-refractivity contribution < 1.29 is 4.79 Å². The van der Waals surface area contributed by atoms with E-state index in [4.69, 9.17) is 5.73 Å². The highest BCUT2D eigenvalue weighted by molar-refractivity contribution is 5.86. The Morgan fingerprint density at radius 2 is 2.12 bits per heavy atom. The topological polar surface area (TPSA) is 80.9 Å². The molecule has 1 aromatic heterocycles. The minimum absolute atomic E-state index is 0.415. The number of hydrogen-bond donors (Lipinski definition) is 2. The summed E-state index contributed by atoms with van der Waals surface area (Å²) in [6, 6.07) is 1.83. The van der Waals surface area contributed by atoms with E-state index in [9.17, 15) is 4.79 Å². The van der Waals surface area contributed by atoms with E-state index in [1.807, 2.05) is 19.9 Å². The van der Waals surface area contributed by atoms with Gasteiger partial charge in [0.2, 0.25) is 5.91 Å². The van der Waals surface area contributed by atoms with Crippen molar-refractivity contribution in [2.45, 2.75) is 39.7 Å². The van der Waals surface area contributed by atoms with Crippen molar-refractivity contribution in [3.8, 4) is 0 Å². The van der Waals surface area contributed by atoms with Crippen LogP contribution in [0.15, 0.2) is 6.07 Å². The number of nitrogens with two attached hydrogens (primary N) is 1. The molecule has 1 amide bonds. The maximum atomic E-state index is 11.2. The maximum Gasteiger partial charge on any atom is 0.242 e. The largest absolute Gasteiger partial charge is 0.368 e. The third-order valence-electron chi connectivity index (χ3n) is 2.31. The van der Waals surface area contributed by atoms with Gasteiger partial charge in [0.1, 0.15) is 17.2 Å². The Kier molecular flexibility index (Phi) is 3.47. The Balaban J connectivity index is 2.97. The number of primary amides is 1. The number of carbonyl (C=O) groups excluding carboxylic acids is 1. The van der Waals surface area contributed by atoms with Crippen LogP contribution in [0.2, 0.25) is 0 Å². The summed E-state index contributed by atoms with van der Waals surface area (Å²) in [6.45, 7) is 7.28. The van der Waals surface area contributed by atoms with E-state index < -0.39 is 11.4 Å². The van der Waals surface area contributed by atoms with Gasteiger partial charge in [-0.3, -0.25) is 4.79 Å². The second-order valence-corrected chi connectivity index (χ2v) is 4.26. The highest BCUT2D eigenvalue weighted by atomic mass is 16.1. The molecule has 0 aromatic carbocycles. The molecule has 0 spiro atoms. The zero-order valence-electron chi connectivity index (χ0n) is 10.2.